The first-order chi connectivity index (χ1) is 7.77. The van der Waals surface area contributed by atoms with Crippen molar-refractivity contribution in [2.24, 2.45) is 0 Å². The largest absolute Gasteiger partial charge is 0.0683 e. The van der Waals surface area contributed by atoms with Crippen molar-refractivity contribution in [3.8, 4) is 11.1 Å². The van der Waals surface area contributed by atoms with E-state index in [1.165, 1.54) is 16.7 Å². The van der Waals surface area contributed by atoms with Crippen molar-refractivity contribution in [2.45, 2.75) is 20.8 Å². The number of benzene rings is 2. The first-order valence-corrected chi connectivity index (χ1v) is 6.38. The zero-order valence-electron chi connectivity index (χ0n) is 10.00. The van der Waals surface area contributed by atoms with Gasteiger partial charge in [0.25, 0.3) is 0 Å². The van der Waals surface area contributed by atoms with Crippen LogP contribution in [0.25, 0.3) is 11.1 Å². The average Bonchev–Trinajstić information content (AvgIpc) is 2.36. The standard InChI is InChI=1S/C13H11Br.C2H6/c1-10-7-8-13(14)12(9-10)11-5-3-2-4-6-11;1-2/h2-9H,1H3;1-2H3. The molecule has 0 spiro atoms. The Balaban J connectivity index is 0.000000606. The number of halogens is 1. The minimum absolute atomic E-state index is 1.15. The molecule has 0 amide bonds. The van der Waals surface area contributed by atoms with Crippen LogP contribution in [0.15, 0.2) is 53.0 Å². The van der Waals surface area contributed by atoms with E-state index >= 15 is 0 Å². The van der Waals surface area contributed by atoms with E-state index in [-0.39, 0.29) is 0 Å². The quantitative estimate of drug-likeness (QED) is 0.650. The van der Waals surface area contributed by atoms with E-state index in [0.717, 1.165) is 4.47 Å². The molecule has 84 valence electrons. The SMILES string of the molecule is CC.Cc1ccc(Br)c(-c2ccccc2)c1. The molecular formula is C15H17Br. The van der Waals surface area contributed by atoms with Gasteiger partial charge in [0.1, 0.15) is 0 Å². The van der Waals surface area contributed by atoms with Crippen LogP contribution in [0.5, 0.6) is 0 Å². The molecule has 0 heterocycles. The Bertz CT molecular complexity index is 432. The fourth-order valence-corrected chi connectivity index (χ4v) is 1.95. The highest BCUT2D eigenvalue weighted by Crippen LogP contribution is 2.28. The van der Waals surface area contributed by atoms with Crippen LogP contribution in [-0.4, -0.2) is 0 Å². The Labute approximate surface area is 106 Å². The summed E-state index contributed by atoms with van der Waals surface area (Å²) >= 11 is 3.57. The maximum atomic E-state index is 3.57. The van der Waals surface area contributed by atoms with Gasteiger partial charge in [-0.05, 0) is 24.1 Å². The zero-order valence-corrected chi connectivity index (χ0v) is 11.6. The predicted octanol–water partition coefficient (Wildman–Crippen LogP) is 5.45. The molecule has 0 aromatic heterocycles. The number of rotatable bonds is 1. The number of hydrogen-bond donors (Lipinski definition) is 0. The van der Waals surface area contributed by atoms with E-state index in [9.17, 15) is 0 Å². The third-order valence-corrected chi connectivity index (χ3v) is 2.90. The molecule has 0 radical (unpaired) electrons. The van der Waals surface area contributed by atoms with Gasteiger partial charge in [0.15, 0.2) is 0 Å². The summed E-state index contributed by atoms with van der Waals surface area (Å²) in [5, 5.41) is 0. The first-order valence-electron chi connectivity index (χ1n) is 5.59. The Hall–Kier alpha value is -1.08. The van der Waals surface area contributed by atoms with E-state index in [1.807, 2.05) is 19.9 Å². The van der Waals surface area contributed by atoms with Gasteiger partial charge in [-0.2, -0.15) is 0 Å². The molecule has 2 rings (SSSR count). The van der Waals surface area contributed by atoms with Crippen LogP contribution >= 0.6 is 15.9 Å². The lowest BCUT2D eigenvalue weighted by Gasteiger charge is -2.05. The Morgan fingerprint density at radius 3 is 2.12 bits per heavy atom. The lowest BCUT2D eigenvalue weighted by Crippen LogP contribution is -1.80. The molecule has 2 aromatic carbocycles. The van der Waals surface area contributed by atoms with Crippen molar-refractivity contribution in [1.82, 2.24) is 0 Å². The van der Waals surface area contributed by atoms with Gasteiger partial charge in [0.2, 0.25) is 0 Å². The van der Waals surface area contributed by atoms with Crippen molar-refractivity contribution in [1.29, 1.82) is 0 Å². The molecule has 0 fully saturated rings. The molecule has 16 heavy (non-hydrogen) atoms. The van der Waals surface area contributed by atoms with E-state index in [0.29, 0.717) is 0 Å². The molecular weight excluding hydrogens is 260 g/mol. The summed E-state index contributed by atoms with van der Waals surface area (Å²) in [5.74, 6) is 0. The van der Waals surface area contributed by atoms with Crippen LogP contribution in [-0.2, 0) is 0 Å². The second kappa shape index (κ2) is 6.49. The van der Waals surface area contributed by atoms with E-state index < -0.39 is 0 Å². The van der Waals surface area contributed by atoms with E-state index in [4.69, 9.17) is 0 Å². The molecule has 0 aliphatic heterocycles. The lowest BCUT2D eigenvalue weighted by atomic mass is 10.0. The molecule has 0 saturated carbocycles. The van der Waals surface area contributed by atoms with Crippen molar-refractivity contribution in [3.63, 3.8) is 0 Å². The van der Waals surface area contributed by atoms with E-state index in [1.54, 1.807) is 0 Å². The molecule has 0 aliphatic carbocycles. The second-order valence-corrected chi connectivity index (χ2v) is 4.20. The molecule has 0 saturated heterocycles. The molecule has 0 aliphatic rings. The minimum atomic E-state index is 1.15. The van der Waals surface area contributed by atoms with Gasteiger partial charge in [0, 0.05) is 4.47 Å². The summed E-state index contributed by atoms with van der Waals surface area (Å²) in [7, 11) is 0. The highest BCUT2D eigenvalue weighted by atomic mass is 79.9. The van der Waals surface area contributed by atoms with Crippen molar-refractivity contribution >= 4 is 15.9 Å². The van der Waals surface area contributed by atoms with Crippen molar-refractivity contribution in [2.75, 3.05) is 0 Å². The summed E-state index contributed by atoms with van der Waals surface area (Å²) < 4.78 is 1.15. The molecule has 0 unspecified atom stereocenters. The van der Waals surface area contributed by atoms with Crippen LogP contribution in [0.4, 0.5) is 0 Å². The molecule has 2 aromatic rings. The minimum Gasteiger partial charge on any atom is -0.0683 e. The van der Waals surface area contributed by atoms with Crippen LogP contribution < -0.4 is 0 Å². The van der Waals surface area contributed by atoms with Crippen LogP contribution in [0.2, 0.25) is 0 Å². The fraction of sp³-hybridized carbons (Fsp3) is 0.200. The first kappa shape index (κ1) is 13.0. The fourth-order valence-electron chi connectivity index (χ4n) is 1.48. The maximum absolute atomic E-state index is 3.57. The van der Waals surface area contributed by atoms with Crippen LogP contribution in [0.1, 0.15) is 19.4 Å². The topological polar surface area (TPSA) is 0 Å². The van der Waals surface area contributed by atoms with Gasteiger partial charge >= 0.3 is 0 Å². The monoisotopic (exact) mass is 276 g/mol. The molecule has 0 nitrogen and oxygen atoms in total. The third kappa shape index (κ3) is 3.21. The third-order valence-electron chi connectivity index (χ3n) is 2.21. The van der Waals surface area contributed by atoms with Gasteiger partial charge in [-0.25, -0.2) is 0 Å². The van der Waals surface area contributed by atoms with Gasteiger partial charge in [-0.15, -0.1) is 0 Å². The predicted molar refractivity (Wildman–Crippen MR) is 75.7 cm³/mol. The molecule has 1 heteroatoms. The van der Waals surface area contributed by atoms with Crippen molar-refractivity contribution < 1.29 is 0 Å². The Kier molecular flexibility index (Phi) is 5.27. The highest BCUT2D eigenvalue weighted by molar-refractivity contribution is 9.10. The smallest absolute Gasteiger partial charge is 0.0253 e. The van der Waals surface area contributed by atoms with E-state index in [2.05, 4.69) is 65.3 Å². The van der Waals surface area contributed by atoms with Gasteiger partial charge < -0.3 is 0 Å². The Morgan fingerprint density at radius 2 is 1.50 bits per heavy atom. The summed E-state index contributed by atoms with van der Waals surface area (Å²) in [6, 6.07) is 16.8. The lowest BCUT2D eigenvalue weighted by molar-refractivity contribution is 1.45. The average molecular weight is 277 g/mol. The van der Waals surface area contributed by atoms with Crippen molar-refractivity contribution in [3.05, 3.63) is 58.6 Å². The number of aryl methyl sites for hydroxylation is 1. The summed E-state index contributed by atoms with van der Waals surface area (Å²) in [5.41, 5.74) is 3.79. The zero-order chi connectivity index (χ0) is 12.0. The Morgan fingerprint density at radius 1 is 0.875 bits per heavy atom. The van der Waals surface area contributed by atoms with Crippen LogP contribution in [0.3, 0.4) is 0 Å². The molecule has 0 N–H and O–H groups in total. The summed E-state index contributed by atoms with van der Waals surface area (Å²) in [4.78, 5) is 0. The normalized spacial score (nSPS) is 9.25. The van der Waals surface area contributed by atoms with Gasteiger partial charge in [-0.3, -0.25) is 0 Å². The highest BCUT2D eigenvalue weighted by Gasteiger charge is 2.01. The van der Waals surface area contributed by atoms with Gasteiger partial charge in [0.05, 0.1) is 0 Å². The van der Waals surface area contributed by atoms with Gasteiger partial charge in [-0.1, -0.05) is 77.8 Å². The number of hydrogen-bond acceptors (Lipinski definition) is 0. The maximum Gasteiger partial charge on any atom is 0.0253 e. The summed E-state index contributed by atoms with van der Waals surface area (Å²) in [6.45, 7) is 6.11. The van der Waals surface area contributed by atoms with Crippen LogP contribution in [0, 0.1) is 6.92 Å². The second-order valence-electron chi connectivity index (χ2n) is 3.35. The summed E-state index contributed by atoms with van der Waals surface area (Å²) in [6.07, 6.45) is 0. The molecule has 0 atom stereocenters. The molecule has 0 bridgehead atoms.